The fraction of sp³-hybridized carbons (Fsp3) is 0.333. The molecule has 0 spiro atoms. The Labute approximate surface area is 122 Å². The Kier molecular flexibility index (Phi) is 4.14. The first-order valence-electron chi connectivity index (χ1n) is 6.10. The number of rotatable bonds is 5. The van der Waals surface area contributed by atoms with E-state index >= 15 is 0 Å². The number of methoxy groups -OCH3 is 2. The highest BCUT2D eigenvalue weighted by Gasteiger charge is 2.22. The van der Waals surface area contributed by atoms with Gasteiger partial charge in [-0.3, -0.25) is 4.57 Å². The van der Waals surface area contributed by atoms with Crippen LogP contribution in [0.4, 0.5) is 0 Å². The van der Waals surface area contributed by atoms with E-state index in [0.29, 0.717) is 29.4 Å². The molecule has 0 unspecified atom stereocenters. The Bertz CT molecular complexity index is 755. The summed E-state index contributed by atoms with van der Waals surface area (Å²) in [5, 5.41) is 12.4. The highest BCUT2D eigenvalue weighted by molar-refractivity contribution is 7.89. The monoisotopic (exact) mass is 312 g/mol. The lowest BCUT2D eigenvalue weighted by atomic mass is 10.1. The number of sulfonamides is 1. The van der Waals surface area contributed by atoms with Crippen LogP contribution in [0.15, 0.2) is 23.4 Å². The summed E-state index contributed by atoms with van der Waals surface area (Å²) in [6, 6.07) is 5.13. The summed E-state index contributed by atoms with van der Waals surface area (Å²) >= 11 is 0. The molecule has 2 N–H and O–H groups in total. The Morgan fingerprint density at radius 3 is 2.48 bits per heavy atom. The zero-order valence-corrected chi connectivity index (χ0v) is 12.7. The van der Waals surface area contributed by atoms with Crippen LogP contribution in [0.25, 0.3) is 11.4 Å². The molecule has 0 aliphatic heterocycles. The Morgan fingerprint density at radius 2 is 1.95 bits per heavy atom. The van der Waals surface area contributed by atoms with E-state index in [1.54, 1.807) is 32.2 Å². The van der Waals surface area contributed by atoms with Crippen LogP contribution in [-0.4, -0.2) is 37.4 Å². The van der Waals surface area contributed by atoms with Crippen molar-refractivity contribution in [2.75, 3.05) is 14.2 Å². The van der Waals surface area contributed by atoms with Crippen LogP contribution < -0.4 is 14.6 Å². The quantitative estimate of drug-likeness (QED) is 0.867. The number of nitrogens with two attached hydrogens (primary N) is 1. The molecule has 2 rings (SSSR count). The summed E-state index contributed by atoms with van der Waals surface area (Å²) < 4.78 is 34.9. The van der Waals surface area contributed by atoms with Crippen molar-refractivity contribution < 1.29 is 17.9 Å². The molecular weight excluding hydrogens is 296 g/mol. The van der Waals surface area contributed by atoms with Crippen LogP contribution in [0.2, 0.25) is 0 Å². The molecule has 0 saturated heterocycles. The maximum absolute atomic E-state index is 11.5. The number of benzene rings is 1. The van der Waals surface area contributed by atoms with Crippen LogP contribution in [0.3, 0.4) is 0 Å². The number of hydrogen-bond acceptors (Lipinski definition) is 6. The smallest absolute Gasteiger partial charge is 0.273 e. The molecule has 2 aromatic rings. The average molecular weight is 312 g/mol. The minimum atomic E-state index is -3.94. The molecule has 8 nitrogen and oxygen atoms in total. The third-order valence-corrected chi connectivity index (χ3v) is 3.75. The SMILES string of the molecule is CCn1c(-c2ccc(OC)cc2OC)nnc1S(N)(=O)=O. The van der Waals surface area contributed by atoms with Gasteiger partial charge in [-0.1, -0.05) is 0 Å². The molecule has 21 heavy (non-hydrogen) atoms. The molecule has 0 fully saturated rings. The van der Waals surface area contributed by atoms with Crippen LogP contribution in [0.1, 0.15) is 6.92 Å². The van der Waals surface area contributed by atoms with Crippen molar-refractivity contribution in [1.29, 1.82) is 0 Å². The van der Waals surface area contributed by atoms with Crippen molar-refractivity contribution in [3.63, 3.8) is 0 Å². The number of hydrogen-bond donors (Lipinski definition) is 1. The van der Waals surface area contributed by atoms with Gasteiger partial charge in [0.05, 0.1) is 19.8 Å². The Balaban J connectivity index is 2.65. The molecule has 9 heteroatoms. The van der Waals surface area contributed by atoms with Crippen molar-refractivity contribution in [1.82, 2.24) is 14.8 Å². The first-order valence-corrected chi connectivity index (χ1v) is 7.65. The summed E-state index contributed by atoms with van der Waals surface area (Å²) in [6.45, 7) is 2.13. The number of aromatic nitrogens is 3. The van der Waals surface area contributed by atoms with Gasteiger partial charge in [-0.2, -0.15) is 0 Å². The van der Waals surface area contributed by atoms with E-state index < -0.39 is 10.0 Å². The molecule has 1 aromatic heterocycles. The van der Waals surface area contributed by atoms with Gasteiger partial charge in [0.25, 0.3) is 15.2 Å². The van der Waals surface area contributed by atoms with E-state index in [9.17, 15) is 8.42 Å². The lowest BCUT2D eigenvalue weighted by Crippen LogP contribution is -2.18. The number of ether oxygens (including phenoxy) is 2. The first kappa shape index (κ1) is 15.3. The molecule has 114 valence electrons. The number of primary sulfonamides is 1. The van der Waals surface area contributed by atoms with Crippen LogP contribution in [-0.2, 0) is 16.6 Å². The second-order valence-electron chi connectivity index (χ2n) is 4.16. The fourth-order valence-electron chi connectivity index (χ4n) is 1.97. The van der Waals surface area contributed by atoms with E-state index in [0.717, 1.165) is 0 Å². The minimum Gasteiger partial charge on any atom is -0.497 e. The summed E-state index contributed by atoms with van der Waals surface area (Å²) in [5.41, 5.74) is 0.600. The molecular formula is C12H16N4O4S. The van der Waals surface area contributed by atoms with Crippen molar-refractivity contribution in [2.45, 2.75) is 18.6 Å². The summed E-state index contributed by atoms with van der Waals surface area (Å²) in [4.78, 5) is 0. The average Bonchev–Trinajstić information content (AvgIpc) is 2.90. The minimum absolute atomic E-state index is 0.280. The fourth-order valence-corrected chi connectivity index (χ4v) is 2.64. The third kappa shape index (κ3) is 2.83. The molecule has 0 aliphatic carbocycles. The van der Waals surface area contributed by atoms with Crippen LogP contribution >= 0.6 is 0 Å². The molecule has 1 heterocycles. The second-order valence-corrected chi connectivity index (χ2v) is 5.62. The van der Waals surface area contributed by atoms with Gasteiger partial charge in [-0.15, -0.1) is 10.2 Å². The van der Waals surface area contributed by atoms with Gasteiger partial charge < -0.3 is 9.47 Å². The standard InChI is InChI=1S/C12H16N4O4S/c1-4-16-11(14-15-12(16)21(13,17)18)9-6-5-8(19-2)7-10(9)20-3/h5-7H,4H2,1-3H3,(H2,13,17,18). The lowest BCUT2D eigenvalue weighted by molar-refractivity contribution is 0.395. The summed E-state index contributed by atoms with van der Waals surface area (Å²) in [5.74, 6) is 1.48. The van der Waals surface area contributed by atoms with Crippen molar-refractivity contribution in [2.24, 2.45) is 5.14 Å². The maximum atomic E-state index is 11.5. The topological polar surface area (TPSA) is 109 Å². The molecule has 0 atom stereocenters. The molecule has 0 radical (unpaired) electrons. The van der Waals surface area contributed by atoms with E-state index in [1.165, 1.54) is 11.7 Å². The first-order chi connectivity index (χ1) is 9.92. The van der Waals surface area contributed by atoms with Gasteiger partial charge >= 0.3 is 0 Å². The predicted molar refractivity (Wildman–Crippen MR) is 75.6 cm³/mol. The van der Waals surface area contributed by atoms with E-state index in [2.05, 4.69) is 10.2 Å². The summed E-state index contributed by atoms with van der Waals surface area (Å²) in [7, 11) is -0.892. The molecule has 0 amide bonds. The van der Waals surface area contributed by atoms with Crippen LogP contribution in [0, 0.1) is 0 Å². The zero-order valence-electron chi connectivity index (χ0n) is 11.9. The largest absolute Gasteiger partial charge is 0.497 e. The molecule has 0 bridgehead atoms. The Morgan fingerprint density at radius 1 is 1.24 bits per heavy atom. The number of nitrogens with zero attached hydrogens (tertiary/aromatic N) is 3. The van der Waals surface area contributed by atoms with E-state index in [1.807, 2.05) is 0 Å². The maximum Gasteiger partial charge on any atom is 0.273 e. The molecule has 1 aromatic carbocycles. The van der Waals surface area contributed by atoms with E-state index in [4.69, 9.17) is 14.6 Å². The second kappa shape index (κ2) is 5.70. The van der Waals surface area contributed by atoms with Crippen molar-refractivity contribution in [3.05, 3.63) is 18.2 Å². The zero-order chi connectivity index (χ0) is 15.6. The van der Waals surface area contributed by atoms with Gasteiger partial charge in [-0.05, 0) is 19.1 Å². The van der Waals surface area contributed by atoms with Gasteiger partial charge in [0.15, 0.2) is 5.82 Å². The van der Waals surface area contributed by atoms with Crippen molar-refractivity contribution in [3.8, 4) is 22.9 Å². The van der Waals surface area contributed by atoms with Crippen molar-refractivity contribution >= 4 is 10.0 Å². The summed E-state index contributed by atoms with van der Waals surface area (Å²) in [6.07, 6.45) is 0. The van der Waals surface area contributed by atoms with Gasteiger partial charge in [-0.25, -0.2) is 13.6 Å². The highest BCUT2D eigenvalue weighted by Crippen LogP contribution is 2.32. The van der Waals surface area contributed by atoms with Gasteiger partial charge in [0, 0.05) is 12.6 Å². The predicted octanol–water partition coefficient (Wildman–Crippen LogP) is 0.630. The van der Waals surface area contributed by atoms with E-state index in [-0.39, 0.29) is 5.16 Å². The molecule has 0 saturated carbocycles. The van der Waals surface area contributed by atoms with Crippen LogP contribution in [0.5, 0.6) is 11.5 Å². The van der Waals surface area contributed by atoms with Gasteiger partial charge in [0.1, 0.15) is 11.5 Å². The third-order valence-electron chi connectivity index (χ3n) is 2.94. The lowest BCUT2D eigenvalue weighted by Gasteiger charge is -2.11. The van der Waals surface area contributed by atoms with Gasteiger partial charge in [0.2, 0.25) is 0 Å². The molecule has 0 aliphatic rings. The highest BCUT2D eigenvalue weighted by atomic mass is 32.2. The Hall–Kier alpha value is -2.13. The normalized spacial score (nSPS) is 11.4.